The summed E-state index contributed by atoms with van der Waals surface area (Å²) >= 11 is 0. The first-order chi connectivity index (χ1) is 15.1. The standard InChI is InChI=1S/C18H24O12S3.3Na/c1-18-7-6-13-12-5-3-11(28-31(19,20)21)8-10(12)2-4-14(13)15(18)9-16(29-32(22,23)24)17(18)30-33(25,26)27;;;/h3,5,8,13-17H,2,4,6-7,9H2,1H3,(H,19,20,21)(H,22,23,24)(H,25,26,27);;;/q;3*+1/p-3/t13-,14-,15+,16-,17+,18+;;;/m0.../s1. The molecule has 6 atom stereocenters. The average molecular weight is 595 g/mol. The van der Waals surface area contributed by atoms with Crippen LogP contribution >= 0.6 is 0 Å². The maximum atomic E-state index is 11.4. The first-order valence-corrected chi connectivity index (χ1v) is 14.1. The van der Waals surface area contributed by atoms with E-state index < -0.39 is 48.8 Å². The molecular formula is C18H21Na3O12S3. The number of benzene rings is 1. The van der Waals surface area contributed by atoms with Crippen LogP contribution in [0.25, 0.3) is 0 Å². The molecule has 18 heteroatoms. The predicted octanol–water partition coefficient (Wildman–Crippen LogP) is -8.31. The molecular weight excluding hydrogens is 573 g/mol. The third kappa shape index (κ3) is 8.12. The largest absolute Gasteiger partial charge is 1.00 e. The second kappa shape index (κ2) is 12.7. The van der Waals surface area contributed by atoms with Gasteiger partial charge in [-0.05, 0) is 73.1 Å². The summed E-state index contributed by atoms with van der Waals surface area (Å²) < 4.78 is 114. The van der Waals surface area contributed by atoms with Gasteiger partial charge in [-0.15, -0.1) is 0 Å². The van der Waals surface area contributed by atoms with Crippen molar-refractivity contribution in [2.75, 3.05) is 0 Å². The molecule has 0 heterocycles. The van der Waals surface area contributed by atoms with Crippen LogP contribution in [-0.4, -0.2) is 51.1 Å². The fourth-order valence-corrected chi connectivity index (χ4v) is 7.63. The Bertz CT molecular complexity index is 1270. The van der Waals surface area contributed by atoms with Gasteiger partial charge in [0.25, 0.3) is 10.4 Å². The van der Waals surface area contributed by atoms with Crippen molar-refractivity contribution in [1.29, 1.82) is 0 Å². The van der Waals surface area contributed by atoms with E-state index in [9.17, 15) is 38.9 Å². The van der Waals surface area contributed by atoms with E-state index >= 15 is 0 Å². The molecule has 1 aromatic rings. The number of hydrogen-bond acceptors (Lipinski definition) is 12. The van der Waals surface area contributed by atoms with Gasteiger partial charge in [0.1, 0.15) is 18.0 Å². The third-order valence-electron chi connectivity index (χ3n) is 7.27. The topological polar surface area (TPSA) is 199 Å². The number of hydrogen-bond donors (Lipinski definition) is 0. The molecule has 186 valence electrons. The van der Waals surface area contributed by atoms with E-state index in [0.717, 1.165) is 11.1 Å². The van der Waals surface area contributed by atoms with E-state index in [0.29, 0.717) is 25.7 Å². The molecule has 0 aromatic heterocycles. The first kappa shape index (κ1) is 35.7. The molecule has 4 rings (SSSR count). The zero-order valence-corrected chi connectivity index (χ0v) is 28.7. The fourth-order valence-electron chi connectivity index (χ4n) is 6.21. The van der Waals surface area contributed by atoms with Crippen LogP contribution in [0.1, 0.15) is 49.7 Å². The maximum absolute atomic E-state index is 11.4. The summed E-state index contributed by atoms with van der Waals surface area (Å²) in [5, 5.41) is 0. The van der Waals surface area contributed by atoms with E-state index in [1.54, 1.807) is 13.0 Å². The van der Waals surface area contributed by atoms with Gasteiger partial charge in [-0.1, -0.05) is 13.0 Å². The number of fused-ring (bicyclic) bond motifs is 5. The second-order valence-corrected chi connectivity index (χ2v) is 12.0. The van der Waals surface area contributed by atoms with Gasteiger partial charge in [-0.2, -0.15) is 0 Å². The van der Waals surface area contributed by atoms with Crippen molar-refractivity contribution in [3.63, 3.8) is 0 Å². The van der Waals surface area contributed by atoms with Crippen LogP contribution in [-0.2, 0) is 46.0 Å². The molecule has 36 heavy (non-hydrogen) atoms. The Hall–Kier alpha value is 1.67. The summed E-state index contributed by atoms with van der Waals surface area (Å²) in [6.45, 7) is 1.70. The van der Waals surface area contributed by atoms with Crippen molar-refractivity contribution in [3.05, 3.63) is 29.3 Å². The van der Waals surface area contributed by atoms with E-state index in [2.05, 4.69) is 8.37 Å². The molecule has 0 aliphatic heterocycles. The Kier molecular flexibility index (Phi) is 12.6. The minimum absolute atomic E-state index is 0. The molecule has 0 radical (unpaired) electrons. The molecule has 0 N–H and O–H groups in total. The monoisotopic (exact) mass is 594 g/mol. The summed E-state index contributed by atoms with van der Waals surface area (Å²) in [5.41, 5.74) is 0.799. The van der Waals surface area contributed by atoms with E-state index in [1.165, 1.54) is 12.1 Å². The average Bonchev–Trinajstić information content (AvgIpc) is 2.89. The van der Waals surface area contributed by atoms with Crippen LogP contribution in [0.3, 0.4) is 0 Å². The van der Waals surface area contributed by atoms with Crippen LogP contribution < -0.4 is 92.9 Å². The Morgan fingerprint density at radius 2 is 1.50 bits per heavy atom. The predicted molar refractivity (Wildman–Crippen MR) is 106 cm³/mol. The van der Waals surface area contributed by atoms with Crippen LogP contribution in [0.5, 0.6) is 5.75 Å². The minimum Gasteiger partial charge on any atom is -0.726 e. The zero-order valence-electron chi connectivity index (χ0n) is 20.3. The van der Waals surface area contributed by atoms with Gasteiger partial charge in [0.15, 0.2) is 0 Å². The molecule has 3 aliphatic carbocycles. The molecule has 1 aromatic carbocycles. The van der Waals surface area contributed by atoms with Crippen LogP contribution in [0.15, 0.2) is 18.2 Å². The van der Waals surface area contributed by atoms with Crippen molar-refractivity contribution >= 4 is 31.2 Å². The van der Waals surface area contributed by atoms with E-state index in [1.807, 2.05) is 0 Å². The summed E-state index contributed by atoms with van der Waals surface area (Å²) in [6, 6.07) is 4.55. The number of aryl methyl sites for hydroxylation is 1. The van der Waals surface area contributed by atoms with Crippen LogP contribution in [0.4, 0.5) is 0 Å². The van der Waals surface area contributed by atoms with Crippen molar-refractivity contribution in [2.45, 2.75) is 57.2 Å². The molecule has 0 bridgehead atoms. The van der Waals surface area contributed by atoms with E-state index in [4.69, 9.17) is 4.18 Å². The molecule has 0 amide bonds. The van der Waals surface area contributed by atoms with Crippen molar-refractivity contribution in [1.82, 2.24) is 0 Å². The third-order valence-corrected chi connectivity index (χ3v) is 8.59. The molecule has 12 nitrogen and oxygen atoms in total. The Morgan fingerprint density at radius 3 is 2.06 bits per heavy atom. The van der Waals surface area contributed by atoms with Gasteiger partial charge in [-0.25, -0.2) is 25.3 Å². The zero-order chi connectivity index (χ0) is 24.4. The first-order valence-electron chi connectivity index (χ1n) is 10.1. The smallest absolute Gasteiger partial charge is 0.726 e. The van der Waals surface area contributed by atoms with Gasteiger partial charge in [0.2, 0.25) is 20.8 Å². The van der Waals surface area contributed by atoms with Crippen molar-refractivity contribution < 1.29 is 140 Å². The quantitative estimate of drug-likeness (QED) is 0.171. The van der Waals surface area contributed by atoms with Gasteiger partial charge >= 0.3 is 88.7 Å². The second-order valence-electron chi connectivity index (χ2n) is 9.02. The SMILES string of the molecule is C[C@@]12CC[C@H]3c4ccc(OS(=O)(=O)[O-])cc4CC[C@@H]3[C@H]1C[C@H](OS(=O)(=O)[O-])[C@H]2OS(=O)(=O)[O-].[Na+].[Na+].[Na+]. The number of rotatable bonds is 6. The molecule has 0 spiro atoms. The van der Waals surface area contributed by atoms with Gasteiger partial charge in [-0.3, -0.25) is 8.37 Å². The maximum Gasteiger partial charge on any atom is 1.00 e. The Morgan fingerprint density at radius 1 is 0.889 bits per heavy atom. The summed E-state index contributed by atoms with van der Waals surface area (Å²) in [5.74, 6) is -0.487. The molecule has 2 fully saturated rings. The molecule has 2 saturated carbocycles. The van der Waals surface area contributed by atoms with Gasteiger partial charge < -0.3 is 17.8 Å². The molecule has 3 aliphatic rings. The summed E-state index contributed by atoms with van der Waals surface area (Å²) in [4.78, 5) is 0. The fraction of sp³-hybridized carbons (Fsp3) is 0.667. The van der Waals surface area contributed by atoms with Gasteiger partial charge in [0.05, 0.1) is 0 Å². The van der Waals surface area contributed by atoms with E-state index in [-0.39, 0.29) is 119 Å². The minimum atomic E-state index is -5.20. The Balaban J connectivity index is 0.00000216. The van der Waals surface area contributed by atoms with Crippen LogP contribution in [0.2, 0.25) is 0 Å². The molecule has 0 saturated heterocycles. The van der Waals surface area contributed by atoms with Crippen molar-refractivity contribution in [2.24, 2.45) is 17.3 Å². The normalized spacial score (nSPS) is 31.4. The summed E-state index contributed by atoms with van der Waals surface area (Å²) in [7, 11) is -15.3. The molecule has 0 unspecified atom stereocenters. The Labute approximate surface area is 277 Å². The van der Waals surface area contributed by atoms with Crippen LogP contribution in [0, 0.1) is 17.3 Å². The van der Waals surface area contributed by atoms with Crippen molar-refractivity contribution in [3.8, 4) is 5.75 Å². The van der Waals surface area contributed by atoms with Gasteiger partial charge in [0, 0.05) is 5.41 Å². The summed E-state index contributed by atoms with van der Waals surface area (Å²) in [6.07, 6.45) is -0.831.